The van der Waals surface area contributed by atoms with Crippen LogP contribution in [-0.2, 0) is 11.4 Å². The topological polar surface area (TPSA) is 101 Å². The van der Waals surface area contributed by atoms with Crippen LogP contribution in [0.4, 0.5) is 0 Å². The largest absolute Gasteiger partial charge is 0.489 e. The molecule has 0 bridgehead atoms. The van der Waals surface area contributed by atoms with Crippen LogP contribution in [0.5, 0.6) is 5.75 Å². The minimum atomic E-state index is -0.0143. The van der Waals surface area contributed by atoms with Gasteiger partial charge < -0.3 is 14.7 Å². The Labute approximate surface area is 235 Å². The summed E-state index contributed by atoms with van der Waals surface area (Å²) in [5.74, 6) is 9.42. The van der Waals surface area contributed by atoms with Crippen LogP contribution in [0.1, 0.15) is 49.7 Å². The molecule has 2 fully saturated rings. The molecule has 0 radical (unpaired) electrons. The van der Waals surface area contributed by atoms with Crippen molar-refractivity contribution in [2.45, 2.75) is 45.1 Å². The van der Waals surface area contributed by atoms with Crippen LogP contribution in [0.25, 0.3) is 0 Å². The molecular weight excluding hydrogens is 502 g/mol. The van der Waals surface area contributed by atoms with Gasteiger partial charge in [0.05, 0.1) is 18.0 Å². The zero-order chi connectivity index (χ0) is 27.5. The molecule has 0 spiro atoms. The molecule has 208 valence electrons. The lowest BCUT2D eigenvalue weighted by molar-refractivity contribution is -0.750. The SMILES string of the molecule is N[N+]12C=CN=CC1=C(C1CCC(C(=O)N3CCC(CO)CC3)CC1)N=C2c1cccc(OCc2ccccc2)c1. The average molecular weight is 541 g/mol. The third kappa shape index (κ3) is 5.27. The molecule has 1 saturated heterocycles. The number of carbonyl (C=O) groups excluding carboxylic acids is 1. The lowest BCUT2D eigenvalue weighted by Crippen LogP contribution is -2.53. The highest BCUT2D eigenvalue weighted by Gasteiger charge is 2.46. The average Bonchev–Trinajstić information content (AvgIpc) is 3.33. The van der Waals surface area contributed by atoms with Crippen LogP contribution < -0.4 is 10.6 Å². The van der Waals surface area contributed by atoms with Gasteiger partial charge in [0.15, 0.2) is 0 Å². The van der Waals surface area contributed by atoms with E-state index in [0.717, 1.165) is 85.7 Å². The van der Waals surface area contributed by atoms with Crippen molar-refractivity contribution in [3.8, 4) is 5.75 Å². The number of benzene rings is 2. The second kappa shape index (κ2) is 11.5. The van der Waals surface area contributed by atoms with Crippen molar-refractivity contribution in [3.63, 3.8) is 0 Å². The van der Waals surface area contributed by atoms with Crippen LogP contribution in [0.2, 0.25) is 0 Å². The van der Waals surface area contributed by atoms with Crippen LogP contribution >= 0.6 is 0 Å². The number of rotatable bonds is 7. The molecule has 2 aromatic rings. The number of amides is 1. The van der Waals surface area contributed by atoms with Crippen molar-refractivity contribution < 1.29 is 19.2 Å². The van der Waals surface area contributed by atoms with Crippen molar-refractivity contribution in [1.82, 2.24) is 4.90 Å². The first kappa shape index (κ1) is 26.6. The van der Waals surface area contributed by atoms with Gasteiger partial charge in [-0.2, -0.15) is 10.8 Å². The monoisotopic (exact) mass is 540 g/mol. The molecule has 3 heterocycles. The van der Waals surface area contributed by atoms with Crippen LogP contribution in [0.15, 0.2) is 88.4 Å². The molecule has 8 nitrogen and oxygen atoms in total. The maximum absolute atomic E-state index is 13.2. The standard InChI is InChI=1S/C32H38N5O3/c33-37-18-15-34-20-29(37)30(25-9-11-26(12-10-25)32(39)36-16-13-23(21-38)14-17-36)35-31(37)27-7-4-8-28(19-27)40-22-24-5-2-1-3-6-24/h1-8,15,18-20,23,25-26,38H,9-14,16-17,21-22,33H2/q+1. The van der Waals surface area contributed by atoms with Crippen molar-refractivity contribution in [3.05, 3.63) is 89.5 Å². The van der Waals surface area contributed by atoms with Gasteiger partial charge in [0.25, 0.3) is 5.84 Å². The number of fused-ring (bicyclic) bond motifs is 1. The highest BCUT2D eigenvalue weighted by Crippen LogP contribution is 2.42. The molecular formula is C32H38N5O3+. The van der Waals surface area contributed by atoms with Crippen molar-refractivity contribution >= 4 is 18.0 Å². The number of ether oxygens (including phenoxy) is 1. The second-order valence-electron chi connectivity index (χ2n) is 11.4. The van der Waals surface area contributed by atoms with Gasteiger partial charge in [-0.15, -0.1) is 4.59 Å². The van der Waals surface area contributed by atoms with E-state index in [-0.39, 0.29) is 28.9 Å². The molecule has 2 aromatic carbocycles. The molecule has 4 aliphatic rings. The van der Waals surface area contributed by atoms with Gasteiger partial charge >= 0.3 is 0 Å². The number of allylic oxidation sites excluding steroid dienone is 2. The van der Waals surface area contributed by atoms with Crippen molar-refractivity contribution in [2.75, 3.05) is 19.7 Å². The van der Waals surface area contributed by atoms with Crippen LogP contribution in [-0.4, -0.2) is 52.3 Å². The third-order valence-electron chi connectivity index (χ3n) is 8.81. The second-order valence-corrected chi connectivity index (χ2v) is 11.4. The summed E-state index contributed by atoms with van der Waals surface area (Å²) in [6.07, 6.45) is 10.7. The summed E-state index contributed by atoms with van der Waals surface area (Å²) in [5, 5.41) is 9.42. The molecule has 8 heteroatoms. The third-order valence-corrected chi connectivity index (χ3v) is 8.81. The van der Waals surface area contributed by atoms with E-state index in [1.807, 2.05) is 71.9 Å². The van der Waals surface area contributed by atoms with E-state index in [4.69, 9.17) is 15.6 Å². The maximum atomic E-state index is 13.2. The van der Waals surface area contributed by atoms with Crippen LogP contribution in [0.3, 0.4) is 0 Å². The van der Waals surface area contributed by atoms with E-state index in [9.17, 15) is 9.90 Å². The number of quaternary nitrogens is 1. The van der Waals surface area contributed by atoms with Gasteiger partial charge in [0.2, 0.25) is 11.6 Å². The Bertz CT molecular complexity index is 1350. The van der Waals surface area contributed by atoms with Crippen molar-refractivity contribution in [1.29, 1.82) is 0 Å². The number of likely N-dealkylation sites (tertiary alicyclic amines) is 1. The lowest BCUT2D eigenvalue weighted by atomic mass is 9.79. The Hall–Kier alpha value is -3.59. The normalized spacial score (nSPS) is 26.6. The summed E-state index contributed by atoms with van der Waals surface area (Å²) in [6, 6.07) is 18.1. The lowest BCUT2D eigenvalue weighted by Gasteiger charge is -2.36. The van der Waals surface area contributed by atoms with Gasteiger partial charge in [-0.3, -0.25) is 9.79 Å². The fourth-order valence-corrected chi connectivity index (χ4v) is 6.38. The summed E-state index contributed by atoms with van der Waals surface area (Å²) in [5.41, 5.74) is 3.90. The number of nitrogens with zero attached hydrogens (tertiary/aromatic N) is 4. The number of aliphatic hydroxyl groups is 1. The van der Waals surface area contributed by atoms with Gasteiger partial charge in [-0.1, -0.05) is 36.4 Å². The Balaban J connectivity index is 1.16. The first-order chi connectivity index (χ1) is 19.5. The predicted octanol–water partition coefficient (Wildman–Crippen LogP) is 4.52. The smallest absolute Gasteiger partial charge is 0.265 e. The minimum absolute atomic E-state index is 0.0143. The Kier molecular flexibility index (Phi) is 7.65. The minimum Gasteiger partial charge on any atom is -0.489 e. The number of aliphatic imine (C=N–C) groups is 2. The van der Waals surface area contributed by atoms with Crippen LogP contribution in [0, 0.1) is 17.8 Å². The molecule has 6 rings (SSSR count). The number of piperidine rings is 1. The summed E-state index contributed by atoms with van der Waals surface area (Å²) in [4.78, 5) is 24.8. The van der Waals surface area contributed by atoms with E-state index < -0.39 is 0 Å². The Morgan fingerprint density at radius 2 is 1.80 bits per heavy atom. The van der Waals surface area contributed by atoms with E-state index in [2.05, 4.69) is 4.99 Å². The molecule has 1 atom stereocenters. The fraction of sp³-hybridized carbons (Fsp3) is 0.406. The number of aliphatic hydroxyl groups excluding tert-OH is 1. The van der Waals surface area contributed by atoms with E-state index >= 15 is 0 Å². The van der Waals surface area contributed by atoms with E-state index in [1.165, 1.54) is 0 Å². The Morgan fingerprint density at radius 1 is 1.02 bits per heavy atom. The molecule has 1 saturated carbocycles. The van der Waals surface area contributed by atoms with Crippen molar-refractivity contribution in [2.24, 2.45) is 33.6 Å². The molecule has 3 aliphatic heterocycles. The molecule has 1 amide bonds. The number of hydrogen-bond donors (Lipinski definition) is 2. The zero-order valence-corrected chi connectivity index (χ0v) is 22.9. The number of carbonyl (C=O) groups is 1. The van der Waals surface area contributed by atoms with Gasteiger partial charge in [-0.25, -0.2) is 0 Å². The highest BCUT2D eigenvalue weighted by molar-refractivity contribution is 6.00. The summed E-state index contributed by atoms with van der Waals surface area (Å²) in [7, 11) is 0. The van der Waals surface area contributed by atoms with Gasteiger partial charge in [-0.05, 0) is 68.2 Å². The van der Waals surface area contributed by atoms with E-state index in [1.54, 1.807) is 6.20 Å². The summed E-state index contributed by atoms with van der Waals surface area (Å²) < 4.78 is 6.08. The first-order valence-electron chi connectivity index (χ1n) is 14.4. The molecule has 1 unspecified atom stereocenters. The quantitative estimate of drug-likeness (QED) is 0.398. The molecule has 1 aliphatic carbocycles. The van der Waals surface area contributed by atoms with Gasteiger partial charge in [0.1, 0.15) is 24.3 Å². The van der Waals surface area contributed by atoms with Gasteiger partial charge in [0, 0.05) is 31.5 Å². The zero-order valence-electron chi connectivity index (χ0n) is 22.9. The maximum Gasteiger partial charge on any atom is 0.265 e. The first-order valence-corrected chi connectivity index (χ1v) is 14.4. The molecule has 3 N–H and O–H groups in total. The number of hydrogen-bond acceptors (Lipinski definition) is 6. The number of amidine groups is 1. The fourth-order valence-electron chi connectivity index (χ4n) is 6.38. The highest BCUT2D eigenvalue weighted by atomic mass is 16.5. The number of nitrogens with two attached hydrogens (primary N) is 1. The van der Waals surface area contributed by atoms with E-state index in [0.29, 0.717) is 12.5 Å². The summed E-state index contributed by atoms with van der Waals surface area (Å²) >= 11 is 0. The summed E-state index contributed by atoms with van der Waals surface area (Å²) in [6.45, 7) is 2.23. The molecule has 40 heavy (non-hydrogen) atoms. The Morgan fingerprint density at radius 3 is 2.55 bits per heavy atom. The predicted molar refractivity (Wildman–Crippen MR) is 155 cm³/mol. The molecule has 0 aromatic heterocycles.